The van der Waals surface area contributed by atoms with Crippen molar-refractivity contribution in [3.05, 3.63) is 35.9 Å². The van der Waals surface area contributed by atoms with Crippen LogP contribution in [0.15, 0.2) is 30.3 Å². The molecule has 1 heterocycles. The van der Waals surface area contributed by atoms with Crippen molar-refractivity contribution in [3.8, 4) is 0 Å². The SMILES string of the molecule is CCCCCCN1CNC(CCc2ccccc2)C1=O. The smallest absolute Gasteiger partial charge is 0.240 e. The summed E-state index contributed by atoms with van der Waals surface area (Å²) in [6.45, 7) is 3.85. The average molecular weight is 274 g/mol. The highest BCUT2D eigenvalue weighted by Gasteiger charge is 2.29. The third-order valence-corrected chi connectivity index (χ3v) is 3.98. The van der Waals surface area contributed by atoms with Gasteiger partial charge >= 0.3 is 0 Å². The number of carbonyl (C=O) groups is 1. The maximum absolute atomic E-state index is 12.3. The number of amides is 1. The molecular weight excluding hydrogens is 248 g/mol. The Morgan fingerprint density at radius 1 is 1.20 bits per heavy atom. The van der Waals surface area contributed by atoms with Gasteiger partial charge in [0.05, 0.1) is 12.7 Å². The molecule has 1 saturated heterocycles. The number of nitrogens with one attached hydrogen (secondary N) is 1. The lowest BCUT2D eigenvalue weighted by molar-refractivity contribution is -0.129. The minimum Gasteiger partial charge on any atom is -0.329 e. The first-order chi connectivity index (χ1) is 9.81. The van der Waals surface area contributed by atoms with E-state index in [1.807, 2.05) is 11.0 Å². The molecule has 0 saturated carbocycles. The van der Waals surface area contributed by atoms with Gasteiger partial charge in [0.1, 0.15) is 0 Å². The molecule has 0 aromatic heterocycles. The highest BCUT2D eigenvalue weighted by Crippen LogP contribution is 2.12. The van der Waals surface area contributed by atoms with Crippen LogP contribution in [0.4, 0.5) is 0 Å². The third kappa shape index (κ3) is 4.34. The number of carbonyl (C=O) groups excluding carboxylic acids is 1. The molecule has 1 aliphatic rings. The fourth-order valence-electron chi connectivity index (χ4n) is 2.71. The number of benzene rings is 1. The van der Waals surface area contributed by atoms with Gasteiger partial charge in [-0.3, -0.25) is 10.1 Å². The lowest BCUT2D eigenvalue weighted by atomic mass is 10.1. The summed E-state index contributed by atoms with van der Waals surface area (Å²) in [5, 5.41) is 3.34. The Labute approximate surface area is 122 Å². The Bertz CT molecular complexity index is 405. The van der Waals surface area contributed by atoms with Crippen LogP contribution in [-0.4, -0.2) is 30.1 Å². The molecule has 0 spiro atoms. The molecule has 1 amide bonds. The summed E-state index contributed by atoms with van der Waals surface area (Å²) in [4.78, 5) is 14.2. The van der Waals surface area contributed by atoms with Crippen LogP contribution in [0.1, 0.15) is 44.6 Å². The largest absolute Gasteiger partial charge is 0.329 e. The molecule has 1 aliphatic heterocycles. The van der Waals surface area contributed by atoms with Gasteiger partial charge in [-0.2, -0.15) is 0 Å². The minimum absolute atomic E-state index is 0.0152. The van der Waals surface area contributed by atoms with E-state index in [0.29, 0.717) is 0 Å². The van der Waals surface area contributed by atoms with E-state index < -0.39 is 0 Å². The van der Waals surface area contributed by atoms with Crippen molar-refractivity contribution >= 4 is 5.91 Å². The van der Waals surface area contributed by atoms with E-state index in [4.69, 9.17) is 0 Å². The first kappa shape index (κ1) is 15.0. The van der Waals surface area contributed by atoms with Crippen molar-refractivity contribution in [1.29, 1.82) is 0 Å². The maximum atomic E-state index is 12.3. The number of hydrogen-bond acceptors (Lipinski definition) is 2. The maximum Gasteiger partial charge on any atom is 0.240 e. The molecule has 1 unspecified atom stereocenters. The summed E-state index contributed by atoms with van der Waals surface area (Å²) in [7, 11) is 0. The molecule has 0 radical (unpaired) electrons. The Morgan fingerprint density at radius 3 is 2.75 bits per heavy atom. The number of unbranched alkanes of at least 4 members (excludes halogenated alkanes) is 3. The third-order valence-electron chi connectivity index (χ3n) is 3.98. The van der Waals surface area contributed by atoms with Gasteiger partial charge in [-0.25, -0.2) is 0 Å². The van der Waals surface area contributed by atoms with Crippen LogP contribution < -0.4 is 5.32 Å². The van der Waals surface area contributed by atoms with Crippen molar-refractivity contribution in [1.82, 2.24) is 10.2 Å². The van der Waals surface area contributed by atoms with E-state index in [-0.39, 0.29) is 11.9 Å². The van der Waals surface area contributed by atoms with Crippen LogP contribution in [0, 0.1) is 0 Å². The van der Waals surface area contributed by atoms with Gasteiger partial charge in [-0.1, -0.05) is 56.5 Å². The van der Waals surface area contributed by atoms with E-state index in [9.17, 15) is 4.79 Å². The van der Waals surface area contributed by atoms with Crippen molar-refractivity contribution < 1.29 is 4.79 Å². The van der Waals surface area contributed by atoms with Crippen LogP contribution in [0.2, 0.25) is 0 Å². The second-order valence-corrected chi connectivity index (χ2v) is 5.60. The Hall–Kier alpha value is -1.35. The van der Waals surface area contributed by atoms with Crippen LogP contribution in [0.25, 0.3) is 0 Å². The van der Waals surface area contributed by atoms with E-state index in [1.54, 1.807) is 0 Å². The second-order valence-electron chi connectivity index (χ2n) is 5.60. The summed E-state index contributed by atoms with van der Waals surface area (Å²) in [5.74, 6) is 0.289. The Kier molecular flexibility index (Phi) is 6.06. The quantitative estimate of drug-likeness (QED) is 0.739. The minimum atomic E-state index is 0.0152. The van der Waals surface area contributed by atoms with E-state index in [1.165, 1.54) is 24.8 Å². The van der Waals surface area contributed by atoms with Crippen LogP contribution in [-0.2, 0) is 11.2 Å². The zero-order valence-corrected chi connectivity index (χ0v) is 12.5. The molecule has 1 atom stereocenters. The molecule has 3 nitrogen and oxygen atoms in total. The van der Waals surface area contributed by atoms with E-state index in [2.05, 4.69) is 36.5 Å². The highest BCUT2D eigenvalue weighted by molar-refractivity contribution is 5.83. The van der Waals surface area contributed by atoms with Gasteiger partial charge in [0.25, 0.3) is 0 Å². The summed E-state index contributed by atoms with van der Waals surface area (Å²) < 4.78 is 0. The first-order valence-electron chi connectivity index (χ1n) is 7.87. The standard InChI is InChI=1S/C17H26N2O/c1-2-3-4-8-13-19-14-18-16(17(19)20)12-11-15-9-6-5-7-10-15/h5-7,9-10,16,18H,2-4,8,11-14H2,1H3. The first-order valence-corrected chi connectivity index (χ1v) is 7.87. The fraction of sp³-hybridized carbons (Fsp3) is 0.588. The summed E-state index contributed by atoms with van der Waals surface area (Å²) in [6, 6.07) is 10.4. The van der Waals surface area contributed by atoms with Gasteiger partial charge in [0.15, 0.2) is 0 Å². The van der Waals surface area contributed by atoms with Crippen LogP contribution in [0.3, 0.4) is 0 Å². The number of hydrogen-bond donors (Lipinski definition) is 1. The van der Waals surface area contributed by atoms with Gasteiger partial charge in [-0.15, -0.1) is 0 Å². The van der Waals surface area contributed by atoms with Crippen molar-refractivity contribution in [2.24, 2.45) is 0 Å². The molecule has 1 aromatic carbocycles. The van der Waals surface area contributed by atoms with Crippen LogP contribution in [0.5, 0.6) is 0 Å². The van der Waals surface area contributed by atoms with Crippen molar-refractivity contribution in [3.63, 3.8) is 0 Å². The van der Waals surface area contributed by atoms with Gasteiger partial charge < -0.3 is 4.90 Å². The number of rotatable bonds is 8. The average Bonchev–Trinajstić information content (AvgIpc) is 2.83. The molecule has 3 heteroatoms. The van der Waals surface area contributed by atoms with E-state index in [0.717, 1.165) is 32.5 Å². The summed E-state index contributed by atoms with van der Waals surface area (Å²) in [6.07, 6.45) is 6.74. The molecular formula is C17H26N2O. The molecule has 0 aliphatic carbocycles. The van der Waals surface area contributed by atoms with Gasteiger partial charge in [-0.05, 0) is 24.8 Å². The Balaban J connectivity index is 1.71. The molecule has 110 valence electrons. The summed E-state index contributed by atoms with van der Waals surface area (Å²) >= 11 is 0. The lowest BCUT2D eigenvalue weighted by Gasteiger charge is -2.15. The van der Waals surface area contributed by atoms with Crippen molar-refractivity contribution in [2.45, 2.75) is 51.5 Å². The topological polar surface area (TPSA) is 32.3 Å². The lowest BCUT2D eigenvalue weighted by Crippen LogP contribution is -2.31. The van der Waals surface area contributed by atoms with Crippen molar-refractivity contribution in [2.75, 3.05) is 13.2 Å². The molecule has 1 aromatic rings. The predicted octanol–water partition coefficient (Wildman–Crippen LogP) is 2.96. The van der Waals surface area contributed by atoms with E-state index >= 15 is 0 Å². The molecule has 1 N–H and O–H groups in total. The zero-order chi connectivity index (χ0) is 14.2. The number of nitrogens with zero attached hydrogens (tertiary/aromatic N) is 1. The normalized spacial score (nSPS) is 18.8. The number of aryl methyl sites for hydroxylation is 1. The molecule has 1 fully saturated rings. The Morgan fingerprint density at radius 2 is 2.00 bits per heavy atom. The van der Waals surface area contributed by atoms with Gasteiger partial charge in [0, 0.05) is 6.54 Å². The second kappa shape index (κ2) is 8.05. The molecule has 0 bridgehead atoms. The summed E-state index contributed by atoms with van der Waals surface area (Å²) in [5.41, 5.74) is 1.31. The fourth-order valence-corrected chi connectivity index (χ4v) is 2.71. The molecule has 20 heavy (non-hydrogen) atoms. The zero-order valence-electron chi connectivity index (χ0n) is 12.5. The monoisotopic (exact) mass is 274 g/mol. The van der Waals surface area contributed by atoms with Gasteiger partial charge in [0.2, 0.25) is 5.91 Å². The predicted molar refractivity (Wildman–Crippen MR) is 82.4 cm³/mol. The van der Waals surface area contributed by atoms with Crippen LogP contribution >= 0.6 is 0 Å². The highest BCUT2D eigenvalue weighted by atomic mass is 16.2. The molecule has 2 rings (SSSR count).